The molecule has 1 aliphatic carbocycles. The molecule has 0 saturated carbocycles. The predicted molar refractivity (Wildman–Crippen MR) is 177 cm³/mol. The fourth-order valence-corrected chi connectivity index (χ4v) is 6.72. The van der Waals surface area contributed by atoms with Crippen LogP contribution in [0.3, 0.4) is 0 Å². The van der Waals surface area contributed by atoms with Gasteiger partial charge in [0.2, 0.25) is 0 Å². The molecule has 3 heterocycles. The second-order valence-corrected chi connectivity index (χ2v) is 11.5. The molecule has 9 rings (SSSR count). The minimum absolute atomic E-state index is 0.481. The highest BCUT2D eigenvalue weighted by Gasteiger charge is 2.19. The number of benzene rings is 5. The van der Waals surface area contributed by atoms with E-state index in [1.165, 1.54) is 16.3 Å². The van der Waals surface area contributed by atoms with Crippen LogP contribution in [0.1, 0.15) is 19.0 Å². The molecule has 1 aliphatic rings. The molecule has 0 amide bonds. The van der Waals surface area contributed by atoms with E-state index in [2.05, 4.69) is 127 Å². The minimum Gasteiger partial charge on any atom is -0.456 e. The summed E-state index contributed by atoms with van der Waals surface area (Å²) in [5.41, 5.74) is 9.41. The number of hydrogen-bond donors (Lipinski definition) is 0. The fourth-order valence-electron chi connectivity index (χ4n) is 6.72. The van der Waals surface area contributed by atoms with Crippen molar-refractivity contribution in [2.45, 2.75) is 13.3 Å². The first kappa shape index (κ1) is 24.2. The van der Waals surface area contributed by atoms with E-state index in [-0.39, 0.29) is 0 Å². The van der Waals surface area contributed by atoms with Gasteiger partial charge in [0.15, 0.2) is 5.82 Å². The number of fused-ring (bicyclic) bond motifs is 7. The maximum absolute atomic E-state index is 6.27. The van der Waals surface area contributed by atoms with Gasteiger partial charge in [0.05, 0.1) is 22.2 Å². The summed E-state index contributed by atoms with van der Waals surface area (Å²) in [6.45, 7) is 2.25. The van der Waals surface area contributed by atoms with Crippen molar-refractivity contribution in [2.75, 3.05) is 0 Å². The van der Waals surface area contributed by atoms with Crippen molar-refractivity contribution in [3.63, 3.8) is 0 Å². The third-order valence-electron chi connectivity index (χ3n) is 8.72. The molecular weight excluding hydrogens is 526 g/mol. The van der Waals surface area contributed by atoms with Gasteiger partial charge >= 0.3 is 0 Å². The van der Waals surface area contributed by atoms with E-state index in [0.29, 0.717) is 5.92 Å². The number of aromatic nitrogens is 3. The standard InChI is InChI=1S/C39H27N3O/c1-24-10-8-11-25(20-24)38-30-16-2-5-17-33(30)40-39(41-38)26-12-9-13-27(21-26)42-34-18-6-3-14-28(34)31-23-37-32(22-35(31)42)29-15-4-7-19-36(29)43-37/h2-19,21-24H,20H2,1H3. The molecule has 0 spiro atoms. The summed E-state index contributed by atoms with van der Waals surface area (Å²) in [5, 5.41) is 5.71. The first-order valence-electron chi connectivity index (χ1n) is 14.8. The molecule has 0 aliphatic heterocycles. The van der Waals surface area contributed by atoms with Crippen LogP contribution in [0.4, 0.5) is 0 Å². The summed E-state index contributed by atoms with van der Waals surface area (Å²) in [4.78, 5) is 10.3. The third-order valence-corrected chi connectivity index (χ3v) is 8.72. The van der Waals surface area contributed by atoms with E-state index in [1.54, 1.807) is 0 Å². The molecule has 0 N–H and O–H groups in total. The molecule has 1 unspecified atom stereocenters. The quantitative estimate of drug-likeness (QED) is 0.219. The van der Waals surface area contributed by atoms with E-state index in [0.717, 1.165) is 73.1 Å². The van der Waals surface area contributed by atoms with Crippen LogP contribution in [0.15, 0.2) is 132 Å². The van der Waals surface area contributed by atoms with Gasteiger partial charge in [0.1, 0.15) is 11.2 Å². The molecule has 0 radical (unpaired) electrons. The Morgan fingerprint density at radius 1 is 0.674 bits per heavy atom. The van der Waals surface area contributed by atoms with Crippen molar-refractivity contribution >= 4 is 60.2 Å². The normalized spacial score (nSPS) is 15.3. The van der Waals surface area contributed by atoms with E-state index >= 15 is 0 Å². The van der Waals surface area contributed by atoms with Crippen molar-refractivity contribution in [1.29, 1.82) is 0 Å². The zero-order chi connectivity index (χ0) is 28.5. The monoisotopic (exact) mass is 553 g/mol. The van der Waals surface area contributed by atoms with E-state index in [1.807, 2.05) is 12.1 Å². The Hall–Kier alpha value is -5.48. The van der Waals surface area contributed by atoms with E-state index in [4.69, 9.17) is 14.4 Å². The first-order chi connectivity index (χ1) is 21.2. The zero-order valence-electron chi connectivity index (χ0n) is 23.7. The number of allylic oxidation sites excluding steroid dienone is 4. The Bertz CT molecular complexity index is 2460. The van der Waals surface area contributed by atoms with Gasteiger partial charge in [-0.3, -0.25) is 0 Å². The number of nitrogens with zero attached hydrogens (tertiary/aromatic N) is 3. The Morgan fingerprint density at radius 2 is 1.49 bits per heavy atom. The Kier molecular flexibility index (Phi) is 5.20. The van der Waals surface area contributed by atoms with Crippen molar-refractivity contribution in [1.82, 2.24) is 14.5 Å². The predicted octanol–water partition coefficient (Wildman–Crippen LogP) is 10.3. The molecule has 4 heteroatoms. The maximum Gasteiger partial charge on any atom is 0.160 e. The Balaban J connectivity index is 1.28. The van der Waals surface area contributed by atoms with Gasteiger partial charge in [-0.25, -0.2) is 9.97 Å². The Morgan fingerprint density at radius 3 is 2.40 bits per heavy atom. The second kappa shape index (κ2) is 9.27. The third kappa shape index (κ3) is 3.76. The summed E-state index contributed by atoms with van der Waals surface area (Å²) in [5.74, 6) is 1.22. The molecule has 8 aromatic rings. The van der Waals surface area contributed by atoms with E-state index in [9.17, 15) is 0 Å². The smallest absolute Gasteiger partial charge is 0.160 e. The molecule has 204 valence electrons. The van der Waals surface area contributed by atoms with Crippen LogP contribution in [0.25, 0.3) is 77.3 Å². The van der Waals surface area contributed by atoms with Crippen LogP contribution in [0.5, 0.6) is 0 Å². The van der Waals surface area contributed by atoms with Crippen LogP contribution in [0.2, 0.25) is 0 Å². The van der Waals surface area contributed by atoms with Crippen molar-refractivity contribution < 1.29 is 4.42 Å². The van der Waals surface area contributed by atoms with Crippen LogP contribution in [0, 0.1) is 5.92 Å². The fraction of sp³-hybridized carbons (Fsp3) is 0.0769. The molecule has 4 nitrogen and oxygen atoms in total. The zero-order valence-corrected chi connectivity index (χ0v) is 23.7. The minimum atomic E-state index is 0.481. The van der Waals surface area contributed by atoms with E-state index < -0.39 is 0 Å². The number of rotatable bonds is 3. The lowest BCUT2D eigenvalue weighted by molar-refractivity contribution is 0.669. The number of hydrogen-bond acceptors (Lipinski definition) is 3. The number of para-hydroxylation sites is 3. The molecule has 5 aromatic carbocycles. The summed E-state index contributed by atoms with van der Waals surface area (Å²) in [6, 6.07) is 38.3. The number of furan rings is 1. The highest BCUT2D eigenvalue weighted by molar-refractivity contribution is 6.17. The van der Waals surface area contributed by atoms with Crippen LogP contribution in [-0.4, -0.2) is 14.5 Å². The van der Waals surface area contributed by atoms with Gasteiger partial charge in [0, 0.05) is 38.2 Å². The molecule has 0 fully saturated rings. The van der Waals surface area contributed by atoms with Gasteiger partial charge in [-0.1, -0.05) is 91.9 Å². The topological polar surface area (TPSA) is 43.9 Å². The van der Waals surface area contributed by atoms with Crippen LogP contribution in [-0.2, 0) is 0 Å². The maximum atomic E-state index is 6.27. The van der Waals surface area contributed by atoms with Crippen molar-refractivity contribution in [3.05, 3.63) is 133 Å². The lowest BCUT2D eigenvalue weighted by Gasteiger charge is -2.17. The lowest BCUT2D eigenvalue weighted by Crippen LogP contribution is -2.03. The average Bonchev–Trinajstić information content (AvgIpc) is 3.58. The highest BCUT2D eigenvalue weighted by atomic mass is 16.3. The molecule has 3 aromatic heterocycles. The van der Waals surface area contributed by atoms with Gasteiger partial charge in [-0.05, 0) is 60.4 Å². The molecule has 1 atom stereocenters. The van der Waals surface area contributed by atoms with Gasteiger partial charge < -0.3 is 8.98 Å². The van der Waals surface area contributed by atoms with Gasteiger partial charge in [0.25, 0.3) is 0 Å². The molecular formula is C39H27N3O. The van der Waals surface area contributed by atoms with Crippen molar-refractivity contribution in [3.8, 4) is 17.1 Å². The van der Waals surface area contributed by atoms with Crippen LogP contribution < -0.4 is 0 Å². The second-order valence-electron chi connectivity index (χ2n) is 11.5. The SMILES string of the molecule is CC1C=CC=C(c2nc(-c3cccc(-n4c5ccccc5c5cc6oc7ccccc7c6cc54)c3)nc3ccccc23)C1. The van der Waals surface area contributed by atoms with Gasteiger partial charge in [-0.15, -0.1) is 0 Å². The molecule has 0 saturated heterocycles. The first-order valence-corrected chi connectivity index (χ1v) is 14.8. The highest BCUT2D eigenvalue weighted by Crippen LogP contribution is 2.39. The lowest BCUT2D eigenvalue weighted by atomic mass is 9.92. The van der Waals surface area contributed by atoms with Crippen molar-refractivity contribution in [2.24, 2.45) is 5.92 Å². The molecule has 0 bridgehead atoms. The summed E-state index contributed by atoms with van der Waals surface area (Å²) in [7, 11) is 0. The molecule has 43 heavy (non-hydrogen) atoms. The Labute approximate surface area is 248 Å². The summed E-state index contributed by atoms with van der Waals surface area (Å²) >= 11 is 0. The average molecular weight is 554 g/mol. The van der Waals surface area contributed by atoms with Gasteiger partial charge in [-0.2, -0.15) is 0 Å². The summed E-state index contributed by atoms with van der Waals surface area (Å²) in [6.07, 6.45) is 7.58. The summed E-state index contributed by atoms with van der Waals surface area (Å²) < 4.78 is 8.62. The van der Waals surface area contributed by atoms with Crippen LogP contribution >= 0.6 is 0 Å². The largest absolute Gasteiger partial charge is 0.456 e.